The van der Waals surface area contributed by atoms with Crippen LogP contribution >= 0.6 is 28.1 Å². The first-order valence-corrected chi connectivity index (χ1v) is 14.9. The van der Waals surface area contributed by atoms with Gasteiger partial charge in [-0.3, -0.25) is 0 Å². The maximum absolute atomic E-state index is 12.1. The molecule has 0 aliphatic carbocycles. The fourth-order valence-corrected chi connectivity index (χ4v) is 12.8. The Balaban J connectivity index is 4.59. The van der Waals surface area contributed by atoms with E-state index in [0.717, 1.165) is 0 Å². The van der Waals surface area contributed by atoms with Crippen LogP contribution < -0.4 is 0 Å². The molecule has 3 nitrogen and oxygen atoms in total. The Morgan fingerprint density at radius 1 is 1.00 bits per heavy atom. The predicted molar refractivity (Wildman–Crippen MR) is 69.9 cm³/mol. The van der Waals surface area contributed by atoms with Gasteiger partial charge in [-0.2, -0.15) is 0 Å². The van der Waals surface area contributed by atoms with Crippen LogP contribution in [-0.2, 0) is 13.0 Å². The summed E-state index contributed by atoms with van der Waals surface area (Å²) in [5.74, 6) is 0. The van der Waals surface area contributed by atoms with Crippen LogP contribution in [0.2, 0.25) is 39.3 Å². The zero-order chi connectivity index (χ0) is 11.6. The van der Waals surface area contributed by atoms with E-state index in [2.05, 4.69) is 0 Å². The third-order valence-corrected chi connectivity index (χ3v) is 10.6. The molecule has 0 fully saturated rings. The molecule has 14 heavy (non-hydrogen) atoms. The van der Waals surface area contributed by atoms with Crippen LogP contribution in [0.3, 0.4) is 0 Å². The van der Waals surface area contributed by atoms with Gasteiger partial charge in [-0.1, -0.05) is 0 Å². The average molecular weight is 293 g/mol. The van der Waals surface area contributed by atoms with Crippen LogP contribution in [0, 0.1) is 0 Å². The van der Waals surface area contributed by atoms with Crippen molar-refractivity contribution < 1.29 is 13.0 Å². The van der Waals surface area contributed by atoms with Crippen molar-refractivity contribution in [1.82, 2.24) is 0 Å². The van der Waals surface area contributed by atoms with Crippen molar-refractivity contribution in [2.75, 3.05) is 0 Å². The Morgan fingerprint density at radius 3 is 1.43 bits per heavy atom. The fourth-order valence-electron chi connectivity index (χ4n) is 0.718. The molecule has 0 spiro atoms. The van der Waals surface area contributed by atoms with Gasteiger partial charge in [0.05, 0.1) is 10.6 Å². The Kier molecular flexibility index (Phi) is 5.48. The van der Waals surface area contributed by atoms with Crippen LogP contribution in [0.15, 0.2) is 0 Å². The van der Waals surface area contributed by atoms with E-state index in [1.165, 1.54) is 0 Å². The highest BCUT2D eigenvalue weighted by molar-refractivity contribution is 8.66. The zero-order valence-electron chi connectivity index (χ0n) is 9.46. The molecule has 0 aliphatic heterocycles. The van der Waals surface area contributed by atoms with Gasteiger partial charge in [0, 0.05) is 0 Å². The molecule has 0 N–H and O–H groups in total. The van der Waals surface area contributed by atoms with Crippen LogP contribution in [0.25, 0.3) is 0 Å². The number of hydrogen-bond acceptors (Lipinski definition) is 4. The zero-order valence-corrected chi connectivity index (χ0v) is 13.9. The molecule has 0 aliphatic rings. The third-order valence-electron chi connectivity index (χ3n) is 0.856. The second kappa shape index (κ2) is 5.04. The van der Waals surface area contributed by atoms with Crippen LogP contribution in [0.4, 0.5) is 0 Å². The molecule has 0 saturated carbocycles. The van der Waals surface area contributed by atoms with Gasteiger partial charge in [0.25, 0.3) is 0 Å². The Morgan fingerprint density at radius 2 is 1.29 bits per heavy atom. The standard InChI is InChI=1S/C6H18ClO3PSSi2/c1-13(2,3)9-11(8,12-7)10-14(4,5)6/h1-6H3. The molecule has 0 bridgehead atoms. The highest BCUT2D eigenvalue weighted by Gasteiger charge is 2.36. The highest BCUT2D eigenvalue weighted by atomic mass is 35.7. The van der Waals surface area contributed by atoms with E-state index >= 15 is 0 Å². The molecule has 0 amide bonds. The van der Waals surface area contributed by atoms with E-state index in [-0.39, 0.29) is 0 Å². The van der Waals surface area contributed by atoms with Gasteiger partial charge in [-0.05, 0) is 50.0 Å². The van der Waals surface area contributed by atoms with Crippen molar-refractivity contribution in [3.63, 3.8) is 0 Å². The summed E-state index contributed by atoms with van der Waals surface area (Å²) >= 11 is 0. The summed E-state index contributed by atoms with van der Waals surface area (Å²) in [5.41, 5.74) is 0. The summed E-state index contributed by atoms with van der Waals surface area (Å²) in [4.78, 5) is 0. The quantitative estimate of drug-likeness (QED) is 0.544. The maximum atomic E-state index is 12.1. The first kappa shape index (κ1) is 15.2. The van der Waals surface area contributed by atoms with Gasteiger partial charge >= 0.3 is 6.80 Å². The van der Waals surface area contributed by atoms with E-state index in [4.69, 9.17) is 19.1 Å². The second-order valence-corrected chi connectivity index (χ2v) is 18.9. The Bertz CT molecular complexity index is 218. The van der Waals surface area contributed by atoms with Gasteiger partial charge in [0.1, 0.15) is 0 Å². The number of rotatable bonds is 5. The minimum absolute atomic E-state index is 0.679. The summed E-state index contributed by atoms with van der Waals surface area (Å²) in [7, 11) is 2.48. The summed E-state index contributed by atoms with van der Waals surface area (Å²) in [6, 6.07) is 0. The van der Waals surface area contributed by atoms with Crippen LogP contribution in [0.1, 0.15) is 0 Å². The Hall–Kier alpha value is 1.22. The molecule has 0 rings (SSSR count). The Labute approximate surface area is 96.9 Å². The fraction of sp³-hybridized carbons (Fsp3) is 1.00. The van der Waals surface area contributed by atoms with E-state index in [9.17, 15) is 4.57 Å². The molecule has 0 atom stereocenters. The van der Waals surface area contributed by atoms with Crippen molar-refractivity contribution >= 4 is 44.7 Å². The van der Waals surface area contributed by atoms with Gasteiger partial charge in [-0.15, -0.1) is 0 Å². The van der Waals surface area contributed by atoms with Gasteiger partial charge in [0.2, 0.25) is 0 Å². The molecule has 0 aromatic carbocycles. The minimum Gasteiger partial charge on any atom is -0.343 e. The van der Waals surface area contributed by atoms with E-state index < -0.39 is 23.4 Å². The van der Waals surface area contributed by atoms with Crippen molar-refractivity contribution in [3.8, 4) is 0 Å². The third kappa shape index (κ3) is 7.51. The molecule has 0 heterocycles. The summed E-state index contributed by atoms with van der Waals surface area (Å²) < 4.78 is 23.0. The second-order valence-electron chi connectivity index (χ2n) is 4.92. The lowest BCUT2D eigenvalue weighted by Crippen LogP contribution is -2.28. The largest absolute Gasteiger partial charge is 0.385 e. The lowest BCUT2D eigenvalue weighted by atomic mass is 11.8. The smallest absolute Gasteiger partial charge is 0.343 e. The molecule has 0 aromatic rings. The first-order chi connectivity index (χ1) is 5.97. The number of hydrogen-bond donors (Lipinski definition) is 0. The van der Waals surface area contributed by atoms with Crippen molar-refractivity contribution in [2.24, 2.45) is 0 Å². The molecular weight excluding hydrogens is 275 g/mol. The molecule has 0 radical (unpaired) electrons. The summed E-state index contributed by atoms with van der Waals surface area (Å²) in [6.07, 6.45) is 0. The average Bonchev–Trinajstić information content (AvgIpc) is 1.78. The molecule has 86 valence electrons. The topological polar surface area (TPSA) is 35.5 Å². The van der Waals surface area contributed by atoms with Gasteiger partial charge in [0.15, 0.2) is 16.6 Å². The lowest BCUT2D eigenvalue weighted by molar-refractivity contribution is 0.406. The highest BCUT2D eigenvalue weighted by Crippen LogP contribution is 2.65. The molecule has 0 unspecified atom stereocenters. The SMILES string of the molecule is C[Si](C)(C)OP(=O)(O[Si](C)(C)C)SCl. The van der Waals surface area contributed by atoms with Crippen molar-refractivity contribution in [3.05, 3.63) is 0 Å². The minimum atomic E-state index is -3.14. The van der Waals surface area contributed by atoms with Crippen LogP contribution in [0.5, 0.6) is 0 Å². The molecular formula is C6H18ClO3PSSi2. The van der Waals surface area contributed by atoms with E-state index in [0.29, 0.717) is 10.6 Å². The summed E-state index contributed by atoms with van der Waals surface area (Å²) in [5, 5.41) is 0. The van der Waals surface area contributed by atoms with Crippen molar-refractivity contribution in [2.45, 2.75) is 39.3 Å². The number of halogens is 1. The molecule has 0 aromatic heterocycles. The van der Waals surface area contributed by atoms with Crippen LogP contribution in [-0.4, -0.2) is 16.6 Å². The van der Waals surface area contributed by atoms with E-state index in [1.807, 2.05) is 39.3 Å². The molecule has 0 saturated heterocycles. The van der Waals surface area contributed by atoms with Gasteiger partial charge in [-0.25, -0.2) is 4.57 Å². The summed E-state index contributed by atoms with van der Waals surface area (Å²) in [6.45, 7) is 8.61. The normalized spacial score (nSPS) is 14.5. The van der Waals surface area contributed by atoms with Gasteiger partial charge < -0.3 is 8.43 Å². The lowest BCUT2D eigenvalue weighted by Gasteiger charge is -2.28. The molecule has 8 heteroatoms. The maximum Gasteiger partial charge on any atom is 0.385 e. The first-order valence-electron chi connectivity index (χ1n) is 4.29. The van der Waals surface area contributed by atoms with Crippen molar-refractivity contribution in [1.29, 1.82) is 0 Å². The van der Waals surface area contributed by atoms with E-state index in [1.54, 1.807) is 0 Å². The monoisotopic (exact) mass is 292 g/mol. The predicted octanol–water partition coefficient (Wildman–Crippen LogP) is 4.68.